The minimum atomic E-state index is -0.372. The van der Waals surface area contributed by atoms with Crippen LogP contribution >= 0.6 is 11.3 Å². The number of hydrazone groups is 1. The Morgan fingerprint density at radius 3 is 2.66 bits per heavy atom. The summed E-state index contributed by atoms with van der Waals surface area (Å²) in [7, 11) is 3.15. The van der Waals surface area contributed by atoms with Crippen molar-refractivity contribution < 1.29 is 19.1 Å². The number of benzene rings is 2. The first-order valence-corrected chi connectivity index (χ1v) is 10.8. The lowest BCUT2D eigenvalue weighted by Crippen LogP contribution is -2.36. The van der Waals surface area contributed by atoms with Crippen molar-refractivity contribution in [3.63, 3.8) is 0 Å². The summed E-state index contributed by atoms with van der Waals surface area (Å²) in [5.74, 6) is 0.713. The number of hydrogen-bond donors (Lipinski definition) is 1. The van der Waals surface area contributed by atoms with Crippen molar-refractivity contribution in [3.8, 4) is 22.8 Å². The van der Waals surface area contributed by atoms with Crippen LogP contribution in [0.3, 0.4) is 0 Å². The zero-order valence-corrected chi connectivity index (χ0v) is 18.7. The summed E-state index contributed by atoms with van der Waals surface area (Å²) in [5, 5.41) is 10.7. The molecule has 0 atom stereocenters. The van der Waals surface area contributed by atoms with Gasteiger partial charge in [0.1, 0.15) is 5.71 Å². The maximum Gasteiger partial charge on any atom is 0.273 e. The van der Waals surface area contributed by atoms with Gasteiger partial charge in [-0.2, -0.15) is 5.10 Å². The Hall–Kier alpha value is -3.72. The van der Waals surface area contributed by atoms with Crippen LogP contribution in [0.15, 0.2) is 52.9 Å². The molecule has 1 aliphatic rings. The summed E-state index contributed by atoms with van der Waals surface area (Å²) < 4.78 is 10.6. The number of ether oxygens (including phenoxy) is 2. The first kappa shape index (κ1) is 21.5. The molecule has 1 aromatic heterocycles. The molecule has 164 valence electrons. The zero-order chi connectivity index (χ0) is 22.7. The Morgan fingerprint density at radius 1 is 1.09 bits per heavy atom. The summed E-state index contributed by atoms with van der Waals surface area (Å²) in [6.45, 7) is 1.94. The van der Waals surface area contributed by atoms with Crippen LogP contribution in [-0.2, 0) is 9.59 Å². The minimum Gasteiger partial charge on any atom is -0.493 e. The monoisotopic (exact) mass is 450 g/mol. The number of methoxy groups -OCH3 is 2. The highest BCUT2D eigenvalue weighted by Gasteiger charge is 2.26. The fourth-order valence-corrected chi connectivity index (χ4v) is 4.02. The summed E-state index contributed by atoms with van der Waals surface area (Å²) >= 11 is 1.31. The number of nitrogens with one attached hydrogen (secondary N) is 1. The highest BCUT2D eigenvalue weighted by molar-refractivity contribution is 7.14. The second-order valence-corrected chi connectivity index (χ2v) is 8.01. The van der Waals surface area contributed by atoms with Crippen molar-refractivity contribution in [2.24, 2.45) is 5.10 Å². The van der Waals surface area contributed by atoms with E-state index in [1.165, 1.54) is 16.3 Å². The van der Waals surface area contributed by atoms with E-state index < -0.39 is 0 Å². The molecule has 0 bridgehead atoms. The summed E-state index contributed by atoms with van der Waals surface area (Å²) in [6, 6.07) is 13.0. The number of carbonyl (C=O) groups excluding carboxylic acids is 2. The zero-order valence-electron chi connectivity index (χ0n) is 17.9. The van der Waals surface area contributed by atoms with Crippen molar-refractivity contribution in [2.45, 2.75) is 19.8 Å². The van der Waals surface area contributed by atoms with Crippen molar-refractivity contribution in [2.75, 3.05) is 24.5 Å². The third-order valence-electron chi connectivity index (χ3n) is 4.94. The number of aromatic nitrogens is 1. The van der Waals surface area contributed by atoms with Crippen LogP contribution in [0.4, 0.5) is 10.8 Å². The van der Waals surface area contributed by atoms with Gasteiger partial charge in [0, 0.05) is 23.8 Å². The lowest BCUT2D eigenvalue weighted by Gasteiger charge is -2.23. The van der Waals surface area contributed by atoms with Gasteiger partial charge < -0.3 is 9.47 Å². The van der Waals surface area contributed by atoms with Crippen molar-refractivity contribution >= 4 is 39.7 Å². The van der Waals surface area contributed by atoms with Gasteiger partial charge in [-0.3, -0.25) is 14.9 Å². The van der Waals surface area contributed by atoms with E-state index in [4.69, 9.17) is 9.47 Å². The summed E-state index contributed by atoms with van der Waals surface area (Å²) in [4.78, 5) is 29.7. The van der Waals surface area contributed by atoms with Crippen LogP contribution in [0.1, 0.15) is 18.4 Å². The molecule has 0 spiro atoms. The van der Waals surface area contributed by atoms with Crippen LogP contribution in [0.25, 0.3) is 11.3 Å². The highest BCUT2D eigenvalue weighted by atomic mass is 32.1. The Kier molecular flexibility index (Phi) is 6.18. The molecule has 0 unspecified atom stereocenters. The molecule has 0 radical (unpaired) electrons. The molecule has 0 saturated carbocycles. The molecule has 0 saturated heterocycles. The van der Waals surface area contributed by atoms with E-state index in [1.807, 2.05) is 42.6 Å². The third kappa shape index (κ3) is 4.47. The van der Waals surface area contributed by atoms with Gasteiger partial charge in [0.15, 0.2) is 16.6 Å². The van der Waals surface area contributed by atoms with Crippen LogP contribution in [0, 0.1) is 6.92 Å². The number of rotatable bonds is 6. The normalized spacial score (nSPS) is 13.5. The van der Waals surface area contributed by atoms with E-state index in [1.54, 1.807) is 26.4 Å². The second kappa shape index (κ2) is 9.19. The van der Waals surface area contributed by atoms with Crippen molar-refractivity contribution in [1.82, 2.24) is 4.98 Å². The third-order valence-corrected chi connectivity index (χ3v) is 5.70. The first-order valence-electron chi connectivity index (χ1n) is 9.95. The van der Waals surface area contributed by atoms with Gasteiger partial charge in [0.05, 0.1) is 25.6 Å². The smallest absolute Gasteiger partial charge is 0.273 e. The number of carbonyl (C=O) groups is 2. The molecule has 4 rings (SSSR count). The van der Waals surface area contributed by atoms with E-state index in [0.717, 1.165) is 11.1 Å². The molecule has 3 aromatic rings. The molecule has 0 aliphatic carbocycles. The summed E-state index contributed by atoms with van der Waals surface area (Å²) in [6.07, 6.45) is 0.496. The van der Waals surface area contributed by atoms with Crippen LogP contribution in [0.2, 0.25) is 0 Å². The van der Waals surface area contributed by atoms with Gasteiger partial charge in [0.2, 0.25) is 5.91 Å². The van der Waals surface area contributed by atoms with Crippen molar-refractivity contribution in [3.05, 3.63) is 53.4 Å². The largest absolute Gasteiger partial charge is 0.493 e. The molecule has 32 heavy (non-hydrogen) atoms. The van der Waals surface area contributed by atoms with E-state index in [2.05, 4.69) is 15.4 Å². The average molecular weight is 451 g/mol. The SMILES string of the molecule is COc1ccc(-c2csc(NC(=O)C3=NN(c4cccc(C)c4)C(=O)CC3)n2)cc1OC. The highest BCUT2D eigenvalue weighted by Crippen LogP contribution is 2.33. The van der Waals surface area contributed by atoms with E-state index in [0.29, 0.717) is 28.0 Å². The van der Waals surface area contributed by atoms with Crippen molar-refractivity contribution in [1.29, 1.82) is 0 Å². The Morgan fingerprint density at radius 2 is 1.91 bits per heavy atom. The average Bonchev–Trinajstić information content (AvgIpc) is 3.27. The lowest BCUT2D eigenvalue weighted by molar-refractivity contribution is -0.118. The number of thiazole rings is 1. The maximum absolute atomic E-state index is 12.8. The fourth-order valence-electron chi connectivity index (χ4n) is 3.31. The van der Waals surface area contributed by atoms with Crippen LogP contribution in [0.5, 0.6) is 11.5 Å². The van der Waals surface area contributed by atoms with Gasteiger partial charge in [0.25, 0.3) is 5.91 Å². The second-order valence-electron chi connectivity index (χ2n) is 7.15. The van der Waals surface area contributed by atoms with Gasteiger partial charge in [-0.15, -0.1) is 11.3 Å². The Labute approximate surface area is 189 Å². The topological polar surface area (TPSA) is 93.1 Å². The van der Waals surface area contributed by atoms with Gasteiger partial charge >= 0.3 is 0 Å². The fraction of sp³-hybridized carbons (Fsp3) is 0.217. The quantitative estimate of drug-likeness (QED) is 0.606. The number of anilines is 2. The lowest BCUT2D eigenvalue weighted by atomic mass is 10.1. The predicted molar refractivity (Wildman–Crippen MR) is 125 cm³/mol. The molecule has 0 fully saturated rings. The Balaban J connectivity index is 1.52. The standard InChI is InChI=1S/C23H22N4O4S/c1-14-5-4-6-16(11-14)27-21(28)10-8-17(26-27)22(29)25-23-24-18(13-32-23)15-7-9-19(30-2)20(12-15)31-3/h4-7,9,11-13H,8,10H2,1-3H3,(H,24,25,29). The molecule has 1 N–H and O–H groups in total. The molecular formula is C23H22N4O4S. The number of nitrogens with zero attached hydrogens (tertiary/aromatic N) is 3. The molecule has 2 amide bonds. The summed E-state index contributed by atoms with van der Waals surface area (Å²) in [5.41, 5.74) is 3.48. The predicted octanol–water partition coefficient (Wildman–Crippen LogP) is 4.26. The van der Waals surface area contributed by atoms with E-state index >= 15 is 0 Å². The van der Waals surface area contributed by atoms with Gasteiger partial charge in [-0.05, 0) is 42.8 Å². The molecule has 2 heterocycles. The number of hydrogen-bond acceptors (Lipinski definition) is 7. The van der Waals surface area contributed by atoms with Gasteiger partial charge in [-0.25, -0.2) is 9.99 Å². The molecular weight excluding hydrogens is 428 g/mol. The van der Waals surface area contributed by atoms with Crippen LogP contribution < -0.4 is 19.8 Å². The Bertz CT molecular complexity index is 1200. The van der Waals surface area contributed by atoms with Crippen LogP contribution in [-0.4, -0.2) is 36.7 Å². The molecule has 1 aliphatic heterocycles. The maximum atomic E-state index is 12.8. The van der Waals surface area contributed by atoms with Gasteiger partial charge in [-0.1, -0.05) is 12.1 Å². The molecule has 9 heteroatoms. The molecule has 2 aromatic carbocycles. The minimum absolute atomic E-state index is 0.142. The number of aryl methyl sites for hydroxylation is 1. The number of amides is 2. The first-order chi connectivity index (χ1) is 15.5. The molecule has 8 nitrogen and oxygen atoms in total. The van der Waals surface area contributed by atoms with E-state index in [-0.39, 0.29) is 30.4 Å². The van der Waals surface area contributed by atoms with E-state index in [9.17, 15) is 9.59 Å².